The summed E-state index contributed by atoms with van der Waals surface area (Å²) in [6.45, 7) is 2.42. The van der Waals surface area contributed by atoms with E-state index in [0.717, 1.165) is 19.3 Å². The molecule has 0 aromatic rings. The molecule has 0 radical (unpaired) electrons. The molecule has 0 aromatic carbocycles. The Balaban J connectivity index is 3.46. The zero-order chi connectivity index (χ0) is 14.5. The minimum atomic E-state index is -0.965. The highest BCUT2D eigenvalue weighted by atomic mass is 16.5. The van der Waals surface area contributed by atoms with Gasteiger partial charge in [-0.15, -0.1) is 0 Å². The number of ether oxygens (including phenoxy) is 1. The lowest BCUT2D eigenvalue weighted by molar-refractivity contribution is -0.154. The van der Waals surface area contributed by atoms with Gasteiger partial charge in [0.25, 0.3) is 0 Å². The van der Waals surface area contributed by atoms with Gasteiger partial charge in [0, 0.05) is 12.8 Å². The lowest BCUT2D eigenvalue weighted by Crippen LogP contribution is -2.18. The number of carbonyl (C=O) groups is 3. The summed E-state index contributed by atoms with van der Waals surface area (Å²) in [7, 11) is 0. The maximum absolute atomic E-state index is 11.3. The van der Waals surface area contributed by atoms with Crippen molar-refractivity contribution in [3.8, 4) is 0 Å². The fourth-order valence-electron chi connectivity index (χ4n) is 1.63. The van der Waals surface area contributed by atoms with Crippen molar-refractivity contribution in [1.82, 2.24) is 0 Å². The highest BCUT2D eigenvalue weighted by molar-refractivity contribution is 6.33. The van der Waals surface area contributed by atoms with Crippen LogP contribution in [0.4, 0.5) is 0 Å². The first-order chi connectivity index (χ1) is 9.07. The van der Waals surface area contributed by atoms with E-state index in [1.54, 1.807) is 0 Å². The van der Waals surface area contributed by atoms with E-state index in [0.29, 0.717) is 0 Å². The molecule has 19 heavy (non-hydrogen) atoms. The number of carboxylic acid groups (broad SMARTS) is 1. The van der Waals surface area contributed by atoms with Crippen molar-refractivity contribution in [3.05, 3.63) is 0 Å². The van der Waals surface area contributed by atoms with Gasteiger partial charge in [0.1, 0.15) is 0 Å². The topological polar surface area (TPSA) is 80.7 Å². The Bertz CT molecular complexity index is 286. The maximum atomic E-state index is 11.3. The van der Waals surface area contributed by atoms with E-state index in [1.165, 1.54) is 19.3 Å². The predicted octanol–water partition coefficient (Wildman–Crippen LogP) is 2.71. The number of hydrogen-bond acceptors (Lipinski definition) is 4. The normalized spacial score (nSPS) is 10.2. The summed E-state index contributed by atoms with van der Waals surface area (Å²) in [6, 6.07) is 0. The van der Waals surface area contributed by atoms with Crippen LogP contribution in [0.2, 0.25) is 0 Å². The van der Waals surface area contributed by atoms with Gasteiger partial charge in [0.05, 0.1) is 6.61 Å². The van der Waals surface area contributed by atoms with Crippen LogP contribution in [0.1, 0.15) is 64.7 Å². The highest BCUT2D eigenvalue weighted by Crippen LogP contribution is 2.05. The first kappa shape index (κ1) is 17.6. The average molecular weight is 272 g/mol. The van der Waals surface area contributed by atoms with Crippen LogP contribution in [0.3, 0.4) is 0 Å². The fourth-order valence-corrected chi connectivity index (χ4v) is 1.63. The van der Waals surface area contributed by atoms with Crippen LogP contribution in [0.25, 0.3) is 0 Å². The lowest BCUT2D eigenvalue weighted by Gasteiger charge is -2.03. The Labute approximate surface area is 114 Å². The number of carboxylic acids is 1. The zero-order valence-electron chi connectivity index (χ0n) is 11.7. The minimum absolute atomic E-state index is 0.0539. The van der Waals surface area contributed by atoms with Crippen LogP contribution in [0, 0.1) is 0 Å². The number of carbonyl (C=O) groups excluding carboxylic acids is 2. The van der Waals surface area contributed by atoms with E-state index in [4.69, 9.17) is 9.84 Å². The van der Waals surface area contributed by atoms with Crippen molar-refractivity contribution in [1.29, 1.82) is 0 Å². The Morgan fingerprint density at radius 2 is 1.53 bits per heavy atom. The highest BCUT2D eigenvalue weighted by Gasteiger charge is 2.15. The van der Waals surface area contributed by atoms with E-state index >= 15 is 0 Å². The molecule has 0 aliphatic heterocycles. The quantitative estimate of drug-likeness (QED) is 0.335. The van der Waals surface area contributed by atoms with Crippen molar-refractivity contribution in [2.24, 2.45) is 0 Å². The molecule has 0 spiro atoms. The second-order valence-electron chi connectivity index (χ2n) is 4.57. The Hall–Kier alpha value is -1.39. The second-order valence-corrected chi connectivity index (χ2v) is 4.57. The van der Waals surface area contributed by atoms with Crippen LogP contribution < -0.4 is 0 Å². The number of Topliss-reactive ketones (excluding diaryl/α,β-unsaturated/α-hetero) is 1. The lowest BCUT2D eigenvalue weighted by atomic mass is 10.1. The van der Waals surface area contributed by atoms with Crippen LogP contribution in [-0.2, 0) is 19.1 Å². The molecule has 0 bridgehead atoms. The molecule has 0 saturated carbocycles. The molecule has 1 N–H and O–H groups in total. The smallest absolute Gasteiger partial charge is 0.374 e. The summed E-state index contributed by atoms with van der Waals surface area (Å²) in [6.07, 6.45) is 6.54. The largest absolute Gasteiger partial charge is 0.481 e. The third-order valence-corrected chi connectivity index (χ3v) is 2.75. The molecule has 0 amide bonds. The third-order valence-electron chi connectivity index (χ3n) is 2.75. The number of aliphatic carboxylic acids is 1. The molecule has 0 unspecified atom stereocenters. The van der Waals surface area contributed by atoms with E-state index in [1.807, 2.05) is 0 Å². The molecule has 0 aromatic heterocycles. The molecule has 0 aliphatic carbocycles. The number of hydrogen-bond donors (Lipinski definition) is 1. The molecule has 0 fully saturated rings. The monoisotopic (exact) mass is 272 g/mol. The van der Waals surface area contributed by atoms with Crippen molar-refractivity contribution >= 4 is 17.7 Å². The van der Waals surface area contributed by atoms with Gasteiger partial charge in [-0.05, 0) is 12.8 Å². The SMILES string of the molecule is CCCCCCCCOC(=O)C(=O)CCCC(=O)O. The molecule has 110 valence electrons. The van der Waals surface area contributed by atoms with Gasteiger partial charge in [0.15, 0.2) is 0 Å². The summed E-state index contributed by atoms with van der Waals surface area (Å²) in [5, 5.41) is 8.40. The van der Waals surface area contributed by atoms with Crippen molar-refractivity contribution in [2.45, 2.75) is 64.7 Å². The van der Waals surface area contributed by atoms with Crippen LogP contribution in [0.15, 0.2) is 0 Å². The van der Waals surface area contributed by atoms with E-state index in [9.17, 15) is 14.4 Å². The summed E-state index contributed by atoms with van der Waals surface area (Å²) >= 11 is 0. The predicted molar refractivity (Wildman–Crippen MR) is 70.8 cm³/mol. The van der Waals surface area contributed by atoms with Gasteiger partial charge in [-0.3, -0.25) is 9.59 Å². The summed E-state index contributed by atoms with van der Waals surface area (Å²) in [4.78, 5) is 32.7. The number of esters is 1. The standard InChI is InChI=1S/C14H24O5/c1-2-3-4-5-6-7-11-19-14(18)12(15)9-8-10-13(16)17/h2-11H2,1H3,(H,16,17). The average Bonchev–Trinajstić information content (AvgIpc) is 2.36. The molecular formula is C14H24O5. The minimum Gasteiger partial charge on any atom is -0.481 e. The molecule has 0 saturated heterocycles. The van der Waals surface area contributed by atoms with Crippen molar-refractivity contribution in [3.63, 3.8) is 0 Å². The molecule has 0 aliphatic rings. The van der Waals surface area contributed by atoms with Gasteiger partial charge in [-0.1, -0.05) is 39.0 Å². The number of unbranched alkanes of at least 4 members (excludes halogenated alkanes) is 5. The van der Waals surface area contributed by atoms with Crippen LogP contribution in [0.5, 0.6) is 0 Å². The fraction of sp³-hybridized carbons (Fsp3) is 0.786. The Morgan fingerprint density at radius 3 is 2.16 bits per heavy atom. The summed E-state index contributed by atoms with van der Waals surface area (Å²) < 4.78 is 4.83. The van der Waals surface area contributed by atoms with Crippen LogP contribution in [-0.4, -0.2) is 29.4 Å². The summed E-state index contributed by atoms with van der Waals surface area (Å²) in [5.74, 6) is -2.43. The first-order valence-electron chi connectivity index (χ1n) is 6.99. The van der Waals surface area contributed by atoms with Crippen LogP contribution >= 0.6 is 0 Å². The van der Waals surface area contributed by atoms with Gasteiger partial charge < -0.3 is 9.84 Å². The Morgan fingerprint density at radius 1 is 0.895 bits per heavy atom. The Kier molecular flexibility index (Phi) is 10.8. The van der Waals surface area contributed by atoms with Gasteiger partial charge >= 0.3 is 11.9 Å². The number of rotatable bonds is 12. The molecule has 0 rings (SSSR count). The van der Waals surface area contributed by atoms with E-state index in [2.05, 4.69) is 6.92 Å². The molecule has 5 heteroatoms. The summed E-state index contributed by atoms with van der Waals surface area (Å²) in [5.41, 5.74) is 0. The first-order valence-corrected chi connectivity index (χ1v) is 6.99. The third kappa shape index (κ3) is 11.4. The molecule has 0 atom stereocenters. The van der Waals surface area contributed by atoms with E-state index in [-0.39, 0.29) is 25.9 Å². The molecular weight excluding hydrogens is 248 g/mol. The maximum Gasteiger partial charge on any atom is 0.374 e. The van der Waals surface area contributed by atoms with Gasteiger partial charge in [0.2, 0.25) is 5.78 Å². The molecule has 0 heterocycles. The zero-order valence-corrected chi connectivity index (χ0v) is 11.7. The van der Waals surface area contributed by atoms with E-state index < -0.39 is 17.7 Å². The molecule has 5 nitrogen and oxygen atoms in total. The van der Waals surface area contributed by atoms with Gasteiger partial charge in [-0.25, -0.2) is 4.79 Å². The number of ketones is 1. The van der Waals surface area contributed by atoms with Gasteiger partial charge in [-0.2, -0.15) is 0 Å². The van der Waals surface area contributed by atoms with Crippen molar-refractivity contribution in [2.75, 3.05) is 6.61 Å². The second kappa shape index (κ2) is 11.7. The van der Waals surface area contributed by atoms with Crippen molar-refractivity contribution < 1.29 is 24.2 Å².